The molecule has 0 saturated carbocycles. The van der Waals surface area contributed by atoms with E-state index >= 15 is 0 Å². The molecule has 0 aliphatic heterocycles. The number of rotatable bonds is 10. The van der Waals surface area contributed by atoms with Crippen LogP contribution in [-0.2, 0) is 6.42 Å². The van der Waals surface area contributed by atoms with Gasteiger partial charge in [0.05, 0.1) is 6.26 Å². The molecule has 1 rings (SSSR count). The summed E-state index contributed by atoms with van der Waals surface area (Å²) in [7, 11) is 0. The first-order valence-electron chi connectivity index (χ1n) is 7.12. The van der Waals surface area contributed by atoms with E-state index in [9.17, 15) is 0 Å². The largest absolute Gasteiger partial charge is 0.469 e. The Balaban J connectivity index is 2.16. The quantitative estimate of drug-likeness (QED) is 0.674. The molecule has 0 amide bonds. The van der Waals surface area contributed by atoms with Crippen LogP contribution in [0.2, 0.25) is 0 Å². The SMILES string of the molecule is CCCC(CCO)CNC(C)CCc1ccco1. The summed E-state index contributed by atoms with van der Waals surface area (Å²) in [5.41, 5.74) is 0. The number of furan rings is 1. The van der Waals surface area contributed by atoms with E-state index in [-0.39, 0.29) is 0 Å². The van der Waals surface area contributed by atoms with Crippen LogP contribution in [0, 0.1) is 5.92 Å². The maximum atomic E-state index is 9.02. The predicted octanol–water partition coefficient (Wildman–Crippen LogP) is 2.99. The van der Waals surface area contributed by atoms with Crippen molar-refractivity contribution in [3.8, 4) is 0 Å². The smallest absolute Gasteiger partial charge is 0.103 e. The molecule has 0 aromatic carbocycles. The van der Waals surface area contributed by atoms with Crippen LogP contribution in [0.15, 0.2) is 22.8 Å². The fourth-order valence-corrected chi connectivity index (χ4v) is 2.22. The van der Waals surface area contributed by atoms with Gasteiger partial charge in [-0.15, -0.1) is 0 Å². The van der Waals surface area contributed by atoms with Crippen LogP contribution in [-0.4, -0.2) is 24.3 Å². The molecule has 0 bridgehead atoms. The topological polar surface area (TPSA) is 45.4 Å². The highest BCUT2D eigenvalue weighted by Crippen LogP contribution is 2.11. The second kappa shape index (κ2) is 9.17. The molecule has 3 heteroatoms. The van der Waals surface area contributed by atoms with Gasteiger partial charge in [-0.2, -0.15) is 0 Å². The Labute approximate surface area is 111 Å². The van der Waals surface area contributed by atoms with Crippen LogP contribution in [0.5, 0.6) is 0 Å². The fourth-order valence-electron chi connectivity index (χ4n) is 2.22. The summed E-state index contributed by atoms with van der Waals surface area (Å²) in [5, 5.41) is 12.6. The Kier molecular flexibility index (Phi) is 7.78. The van der Waals surface area contributed by atoms with Crippen LogP contribution in [0.3, 0.4) is 0 Å². The Morgan fingerprint density at radius 3 is 2.78 bits per heavy atom. The maximum Gasteiger partial charge on any atom is 0.103 e. The Bertz CT molecular complexity index is 279. The van der Waals surface area contributed by atoms with Crippen molar-refractivity contribution in [1.29, 1.82) is 0 Å². The third-order valence-electron chi connectivity index (χ3n) is 3.39. The number of aliphatic hydroxyl groups is 1. The third-order valence-corrected chi connectivity index (χ3v) is 3.39. The first kappa shape index (κ1) is 15.3. The minimum absolute atomic E-state index is 0.299. The molecule has 2 atom stereocenters. The van der Waals surface area contributed by atoms with Crippen molar-refractivity contribution in [2.24, 2.45) is 5.92 Å². The molecule has 1 aromatic heterocycles. The van der Waals surface area contributed by atoms with E-state index in [0.717, 1.165) is 31.6 Å². The van der Waals surface area contributed by atoms with Gasteiger partial charge >= 0.3 is 0 Å². The van der Waals surface area contributed by atoms with Gasteiger partial charge in [0.25, 0.3) is 0 Å². The van der Waals surface area contributed by atoms with Gasteiger partial charge in [0.1, 0.15) is 5.76 Å². The summed E-state index contributed by atoms with van der Waals surface area (Å²) in [6.07, 6.45) is 7.09. The lowest BCUT2D eigenvalue weighted by atomic mass is 9.99. The Hall–Kier alpha value is -0.800. The summed E-state index contributed by atoms with van der Waals surface area (Å²) in [5.74, 6) is 1.66. The van der Waals surface area contributed by atoms with E-state index in [1.807, 2.05) is 12.1 Å². The van der Waals surface area contributed by atoms with E-state index < -0.39 is 0 Å². The van der Waals surface area contributed by atoms with Crippen molar-refractivity contribution >= 4 is 0 Å². The van der Waals surface area contributed by atoms with Crippen LogP contribution in [0.25, 0.3) is 0 Å². The average molecular weight is 253 g/mol. The minimum atomic E-state index is 0.299. The van der Waals surface area contributed by atoms with Crippen LogP contribution >= 0.6 is 0 Å². The van der Waals surface area contributed by atoms with E-state index in [0.29, 0.717) is 18.6 Å². The van der Waals surface area contributed by atoms with Gasteiger partial charge in [0.15, 0.2) is 0 Å². The minimum Gasteiger partial charge on any atom is -0.469 e. The zero-order valence-corrected chi connectivity index (χ0v) is 11.7. The monoisotopic (exact) mass is 253 g/mol. The maximum absolute atomic E-state index is 9.02. The molecular weight excluding hydrogens is 226 g/mol. The zero-order valence-electron chi connectivity index (χ0n) is 11.7. The normalized spacial score (nSPS) is 14.6. The van der Waals surface area contributed by atoms with Crippen molar-refractivity contribution in [2.75, 3.05) is 13.2 Å². The molecule has 1 aromatic rings. The summed E-state index contributed by atoms with van der Waals surface area (Å²) >= 11 is 0. The molecule has 0 fully saturated rings. The standard InChI is InChI=1S/C15H27NO2/c1-3-5-14(9-10-17)12-16-13(2)7-8-15-6-4-11-18-15/h4,6,11,13-14,16-17H,3,5,7-10,12H2,1-2H3. The lowest BCUT2D eigenvalue weighted by molar-refractivity contribution is 0.245. The molecule has 2 unspecified atom stereocenters. The van der Waals surface area contributed by atoms with Gasteiger partial charge < -0.3 is 14.8 Å². The zero-order chi connectivity index (χ0) is 13.2. The summed E-state index contributed by atoms with van der Waals surface area (Å²) in [6.45, 7) is 5.72. The van der Waals surface area contributed by atoms with Crippen molar-refractivity contribution < 1.29 is 9.52 Å². The van der Waals surface area contributed by atoms with Gasteiger partial charge in [0.2, 0.25) is 0 Å². The van der Waals surface area contributed by atoms with Gasteiger partial charge in [-0.05, 0) is 50.8 Å². The summed E-state index contributed by atoms with van der Waals surface area (Å²) < 4.78 is 5.33. The molecule has 104 valence electrons. The van der Waals surface area contributed by atoms with Crippen molar-refractivity contribution in [1.82, 2.24) is 5.32 Å². The average Bonchev–Trinajstić information content (AvgIpc) is 2.87. The van der Waals surface area contributed by atoms with Gasteiger partial charge in [-0.1, -0.05) is 13.3 Å². The summed E-state index contributed by atoms with van der Waals surface area (Å²) in [6, 6.07) is 4.46. The number of aliphatic hydroxyl groups excluding tert-OH is 1. The molecule has 0 spiro atoms. The first-order valence-corrected chi connectivity index (χ1v) is 7.12. The second-order valence-electron chi connectivity index (χ2n) is 5.09. The van der Waals surface area contributed by atoms with Gasteiger partial charge in [0, 0.05) is 19.1 Å². The number of hydrogen-bond acceptors (Lipinski definition) is 3. The lowest BCUT2D eigenvalue weighted by Crippen LogP contribution is -2.32. The molecule has 0 aliphatic carbocycles. The van der Waals surface area contributed by atoms with Crippen molar-refractivity contribution in [3.05, 3.63) is 24.2 Å². The fraction of sp³-hybridized carbons (Fsp3) is 0.733. The Morgan fingerprint density at radius 2 is 2.17 bits per heavy atom. The first-order chi connectivity index (χ1) is 8.76. The third kappa shape index (κ3) is 6.22. The number of hydrogen-bond donors (Lipinski definition) is 2. The van der Waals surface area contributed by atoms with Crippen LogP contribution < -0.4 is 5.32 Å². The molecule has 0 radical (unpaired) electrons. The van der Waals surface area contributed by atoms with Gasteiger partial charge in [-0.3, -0.25) is 0 Å². The molecule has 0 saturated heterocycles. The van der Waals surface area contributed by atoms with Crippen molar-refractivity contribution in [2.45, 2.75) is 52.0 Å². The molecule has 1 heterocycles. The van der Waals surface area contributed by atoms with E-state index in [1.165, 1.54) is 12.8 Å². The highest BCUT2D eigenvalue weighted by Gasteiger charge is 2.09. The van der Waals surface area contributed by atoms with Crippen LogP contribution in [0.1, 0.15) is 45.3 Å². The lowest BCUT2D eigenvalue weighted by Gasteiger charge is -2.19. The molecule has 0 aliphatic rings. The number of nitrogens with one attached hydrogen (secondary N) is 1. The molecule has 18 heavy (non-hydrogen) atoms. The van der Waals surface area contributed by atoms with E-state index in [1.54, 1.807) is 6.26 Å². The summed E-state index contributed by atoms with van der Waals surface area (Å²) in [4.78, 5) is 0. The van der Waals surface area contributed by atoms with Gasteiger partial charge in [-0.25, -0.2) is 0 Å². The highest BCUT2D eigenvalue weighted by atomic mass is 16.3. The number of aryl methyl sites for hydroxylation is 1. The van der Waals surface area contributed by atoms with E-state index in [4.69, 9.17) is 9.52 Å². The molecule has 2 N–H and O–H groups in total. The van der Waals surface area contributed by atoms with E-state index in [2.05, 4.69) is 19.2 Å². The van der Waals surface area contributed by atoms with Crippen molar-refractivity contribution in [3.63, 3.8) is 0 Å². The highest BCUT2D eigenvalue weighted by molar-refractivity contribution is 4.98. The second-order valence-corrected chi connectivity index (χ2v) is 5.09. The van der Waals surface area contributed by atoms with Crippen LogP contribution in [0.4, 0.5) is 0 Å². The Morgan fingerprint density at radius 1 is 1.33 bits per heavy atom. The molecule has 3 nitrogen and oxygen atoms in total. The predicted molar refractivity (Wildman–Crippen MR) is 74.6 cm³/mol. The molecular formula is C15H27NO2.